The molecule has 5 nitrogen and oxygen atoms in total. The molecule has 1 aromatic heterocycles. The monoisotopic (exact) mass is 431 g/mol. The second kappa shape index (κ2) is 10.1. The van der Waals surface area contributed by atoms with Gasteiger partial charge in [0.2, 0.25) is 11.8 Å². The van der Waals surface area contributed by atoms with Crippen LogP contribution in [0.2, 0.25) is 0 Å². The lowest BCUT2D eigenvalue weighted by atomic mass is 10.2. The molecule has 164 valence electrons. The van der Waals surface area contributed by atoms with E-state index in [1.165, 1.54) is 0 Å². The van der Waals surface area contributed by atoms with E-state index < -0.39 is 17.6 Å². The van der Waals surface area contributed by atoms with Crippen molar-refractivity contribution in [2.24, 2.45) is 0 Å². The first-order chi connectivity index (χ1) is 14.9. The van der Waals surface area contributed by atoms with Crippen LogP contribution in [0.25, 0.3) is 0 Å². The van der Waals surface area contributed by atoms with E-state index in [-0.39, 0.29) is 12.6 Å². The number of anilines is 2. The molecule has 31 heavy (non-hydrogen) atoms. The van der Waals surface area contributed by atoms with Crippen LogP contribution in [-0.4, -0.2) is 23.1 Å². The Morgan fingerprint density at radius 2 is 1.65 bits per heavy atom. The molecule has 0 spiro atoms. The maximum Gasteiger partial charge on any atom is 0.423 e. The van der Waals surface area contributed by atoms with Crippen LogP contribution in [0.5, 0.6) is 11.6 Å². The van der Waals surface area contributed by atoms with Crippen molar-refractivity contribution in [3.63, 3.8) is 0 Å². The standard InChI is InChI=1S/C23H24F3N3O2/c1-3-14-30-19-12-10-18(11-13-19)29(4-2)22-27-15-20(23(24,25)26)21(28-22)31-16-17-8-6-5-7-9-17/h5-13,15H,3-4,14,16H2,1-2H3. The molecule has 0 fully saturated rings. The van der Waals surface area contributed by atoms with E-state index >= 15 is 0 Å². The van der Waals surface area contributed by atoms with Gasteiger partial charge in [0.05, 0.1) is 6.61 Å². The van der Waals surface area contributed by atoms with Gasteiger partial charge in [-0.3, -0.25) is 0 Å². The van der Waals surface area contributed by atoms with Gasteiger partial charge in [0.1, 0.15) is 17.9 Å². The van der Waals surface area contributed by atoms with Crippen molar-refractivity contribution in [1.29, 1.82) is 0 Å². The number of rotatable bonds is 9. The highest BCUT2D eigenvalue weighted by atomic mass is 19.4. The molecule has 0 radical (unpaired) electrons. The van der Waals surface area contributed by atoms with Crippen molar-refractivity contribution >= 4 is 11.6 Å². The van der Waals surface area contributed by atoms with Crippen molar-refractivity contribution in [3.05, 3.63) is 71.9 Å². The van der Waals surface area contributed by atoms with Gasteiger partial charge >= 0.3 is 6.18 Å². The summed E-state index contributed by atoms with van der Waals surface area (Å²) in [7, 11) is 0. The lowest BCUT2D eigenvalue weighted by Gasteiger charge is -2.22. The lowest BCUT2D eigenvalue weighted by molar-refractivity contribution is -0.139. The van der Waals surface area contributed by atoms with Gasteiger partial charge in [-0.15, -0.1) is 0 Å². The van der Waals surface area contributed by atoms with Crippen LogP contribution in [0.15, 0.2) is 60.8 Å². The van der Waals surface area contributed by atoms with Gasteiger partial charge in [0.15, 0.2) is 0 Å². The minimum atomic E-state index is -4.63. The number of hydrogen-bond acceptors (Lipinski definition) is 5. The Labute approximate surface area is 179 Å². The minimum Gasteiger partial charge on any atom is -0.494 e. The fourth-order valence-electron chi connectivity index (χ4n) is 2.90. The molecular formula is C23H24F3N3O2. The normalized spacial score (nSPS) is 11.3. The van der Waals surface area contributed by atoms with Crippen LogP contribution < -0.4 is 14.4 Å². The number of aromatic nitrogens is 2. The maximum atomic E-state index is 13.5. The third-order valence-electron chi connectivity index (χ3n) is 4.44. The number of benzene rings is 2. The van der Waals surface area contributed by atoms with E-state index in [1.807, 2.05) is 44.2 Å². The number of nitrogens with zero attached hydrogens (tertiary/aromatic N) is 3. The minimum absolute atomic E-state index is 0.0318. The Bertz CT molecular complexity index is 964. The Morgan fingerprint density at radius 1 is 0.935 bits per heavy atom. The lowest BCUT2D eigenvalue weighted by Crippen LogP contribution is -2.20. The molecule has 0 saturated heterocycles. The van der Waals surface area contributed by atoms with E-state index in [4.69, 9.17) is 9.47 Å². The third kappa shape index (κ3) is 5.87. The van der Waals surface area contributed by atoms with E-state index in [0.717, 1.165) is 29.6 Å². The molecule has 0 saturated carbocycles. The second-order valence-corrected chi connectivity index (χ2v) is 6.75. The molecule has 0 bridgehead atoms. The molecule has 0 amide bonds. The van der Waals surface area contributed by atoms with Gasteiger partial charge in [-0.25, -0.2) is 4.98 Å². The maximum absolute atomic E-state index is 13.5. The van der Waals surface area contributed by atoms with Gasteiger partial charge < -0.3 is 14.4 Å². The number of hydrogen-bond donors (Lipinski definition) is 0. The Hall–Kier alpha value is -3.29. The van der Waals surface area contributed by atoms with Crippen LogP contribution >= 0.6 is 0 Å². The van der Waals surface area contributed by atoms with Gasteiger partial charge in [-0.2, -0.15) is 18.2 Å². The SMILES string of the molecule is CCCOc1ccc(N(CC)c2ncc(C(F)(F)F)c(OCc3ccccc3)n2)cc1. The highest BCUT2D eigenvalue weighted by molar-refractivity contribution is 5.58. The molecule has 2 aromatic carbocycles. The molecule has 0 aliphatic carbocycles. The summed E-state index contributed by atoms with van der Waals surface area (Å²) in [5.41, 5.74) is 0.470. The molecule has 0 aliphatic rings. The molecular weight excluding hydrogens is 407 g/mol. The summed E-state index contributed by atoms with van der Waals surface area (Å²) in [6, 6.07) is 16.2. The summed E-state index contributed by atoms with van der Waals surface area (Å²) < 4.78 is 51.5. The smallest absolute Gasteiger partial charge is 0.423 e. The molecule has 3 aromatic rings. The van der Waals surface area contributed by atoms with Gasteiger partial charge in [-0.1, -0.05) is 37.3 Å². The largest absolute Gasteiger partial charge is 0.494 e. The van der Waals surface area contributed by atoms with Crippen molar-refractivity contribution in [3.8, 4) is 11.6 Å². The zero-order valence-corrected chi connectivity index (χ0v) is 17.4. The number of halogens is 3. The Kier molecular flexibility index (Phi) is 7.33. The first kappa shape index (κ1) is 22.4. The average Bonchev–Trinajstić information content (AvgIpc) is 2.77. The Morgan fingerprint density at radius 3 is 2.26 bits per heavy atom. The fraction of sp³-hybridized carbons (Fsp3) is 0.304. The number of ether oxygens (including phenoxy) is 2. The van der Waals surface area contributed by atoms with Gasteiger partial charge in [-0.05, 0) is 43.2 Å². The van der Waals surface area contributed by atoms with E-state index in [0.29, 0.717) is 13.2 Å². The second-order valence-electron chi connectivity index (χ2n) is 6.75. The van der Waals surface area contributed by atoms with E-state index in [9.17, 15) is 13.2 Å². The molecule has 3 rings (SSSR count). The van der Waals surface area contributed by atoms with Crippen molar-refractivity contribution in [1.82, 2.24) is 9.97 Å². The van der Waals surface area contributed by atoms with Crippen molar-refractivity contribution in [2.45, 2.75) is 33.1 Å². The van der Waals surface area contributed by atoms with Gasteiger partial charge in [0.25, 0.3) is 0 Å². The molecule has 0 atom stereocenters. The highest BCUT2D eigenvalue weighted by Crippen LogP contribution is 2.36. The third-order valence-corrected chi connectivity index (χ3v) is 4.44. The molecule has 0 unspecified atom stereocenters. The van der Waals surface area contributed by atoms with E-state index in [1.54, 1.807) is 29.2 Å². The molecule has 0 aliphatic heterocycles. The fourth-order valence-corrected chi connectivity index (χ4v) is 2.90. The summed E-state index contributed by atoms with van der Waals surface area (Å²) in [5.74, 6) is 0.352. The van der Waals surface area contributed by atoms with Crippen LogP contribution in [-0.2, 0) is 12.8 Å². The predicted octanol–water partition coefficient (Wildman–Crippen LogP) is 6.02. The van der Waals surface area contributed by atoms with Crippen LogP contribution in [0.4, 0.5) is 24.8 Å². The quantitative estimate of drug-likeness (QED) is 0.415. The van der Waals surface area contributed by atoms with Crippen molar-refractivity contribution in [2.75, 3.05) is 18.1 Å². The zero-order valence-electron chi connectivity index (χ0n) is 17.4. The number of alkyl halides is 3. The van der Waals surface area contributed by atoms with Crippen LogP contribution in [0.1, 0.15) is 31.4 Å². The first-order valence-electron chi connectivity index (χ1n) is 10.0. The summed E-state index contributed by atoms with van der Waals surface area (Å²) >= 11 is 0. The highest BCUT2D eigenvalue weighted by Gasteiger charge is 2.36. The molecule has 0 N–H and O–H groups in total. The average molecular weight is 431 g/mol. The zero-order chi connectivity index (χ0) is 22.3. The first-order valence-corrected chi connectivity index (χ1v) is 10.0. The summed E-state index contributed by atoms with van der Waals surface area (Å²) in [6.45, 7) is 4.93. The van der Waals surface area contributed by atoms with Gasteiger partial charge in [0, 0.05) is 18.4 Å². The van der Waals surface area contributed by atoms with E-state index in [2.05, 4.69) is 9.97 Å². The summed E-state index contributed by atoms with van der Waals surface area (Å²) in [6.07, 6.45) is -2.96. The Balaban J connectivity index is 1.88. The topological polar surface area (TPSA) is 47.5 Å². The van der Waals surface area contributed by atoms with Crippen LogP contribution in [0, 0.1) is 0 Å². The summed E-state index contributed by atoms with van der Waals surface area (Å²) in [5, 5.41) is 0. The predicted molar refractivity (Wildman–Crippen MR) is 113 cm³/mol. The molecule has 8 heteroatoms. The molecule has 1 heterocycles. The van der Waals surface area contributed by atoms with Crippen molar-refractivity contribution < 1.29 is 22.6 Å². The summed E-state index contributed by atoms with van der Waals surface area (Å²) in [4.78, 5) is 9.79. The van der Waals surface area contributed by atoms with Crippen LogP contribution in [0.3, 0.4) is 0 Å².